The maximum Gasteiger partial charge on any atom is 0.256 e. The summed E-state index contributed by atoms with van der Waals surface area (Å²) in [4.78, 5) is 14.2. The molecule has 4 aliphatic carbocycles. The van der Waals surface area contributed by atoms with Gasteiger partial charge in [-0.2, -0.15) is 5.26 Å². The van der Waals surface area contributed by atoms with E-state index in [9.17, 15) is 9.90 Å². The molecule has 5 fully saturated rings. The van der Waals surface area contributed by atoms with Gasteiger partial charge in [0.1, 0.15) is 6.04 Å². The Morgan fingerprint density at radius 2 is 2.04 bits per heavy atom. The highest BCUT2D eigenvalue weighted by Crippen LogP contribution is 2.57. The van der Waals surface area contributed by atoms with Gasteiger partial charge in [-0.15, -0.1) is 0 Å². The topological polar surface area (TPSA) is 76.4 Å². The summed E-state index contributed by atoms with van der Waals surface area (Å²) in [6.45, 7) is 0.615. The summed E-state index contributed by atoms with van der Waals surface area (Å²) in [7, 11) is 0. The lowest BCUT2D eigenvalue weighted by atomic mass is 9.51. The molecule has 3 unspecified atom stereocenters. The van der Waals surface area contributed by atoms with Crippen molar-refractivity contribution in [1.82, 2.24) is 10.2 Å². The second-order valence-electron chi connectivity index (χ2n) is 8.29. The lowest BCUT2D eigenvalue weighted by molar-refractivity contribution is -0.148. The zero-order valence-corrected chi connectivity index (χ0v) is 14.1. The van der Waals surface area contributed by atoms with Gasteiger partial charge in [-0.1, -0.05) is 11.6 Å². The van der Waals surface area contributed by atoms with Crippen molar-refractivity contribution in [1.29, 1.82) is 5.26 Å². The first-order chi connectivity index (χ1) is 10.9. The van der Waals surface area contributed by atoms with Crippen LogP contribution >= 0.6 is 11.6 Å². The SMILES string of the molecule is N#C[C@H]1CCCN1C(=O)C(Cl)NC12C[C@@H]3C[C@@H](CC(O)(C3)C1)C2. The van der Waals surface area contributed by atoms with Gasteiger partial charge in [0, 0.05) is 12.1 Å². The van der Waals surface area contributed by atoms with Crippen molar-refractivity contribution in [3.05, 3.63) is 0 Å². The highest BCUT2D eigenvalue weighted by molar-refractivity contribution is 6.30. The number of likely N-dealkylation sites (tertiary alicyclic amines) is 1. The Bertz CT molecular complexity index is 547. The van der Waals surface area contributed by atoms with Crippen molar-refractivity contribution in [3.8, 4) is 6.07 Å². The van der Waals surface area contributed by atoms with Crippen LogP contribution in [0.15, 0.2) is 0 Å². The Morgan fingerprint density at radius 1 is 1.35 bits per heavy atom. The number of nitrogens with one attached hydrogen (secondary N) is 1. The number of hydrogen-bond acceptors (Lipinski definition) is 4. The first kappa shape index (κ1) is 15.7. The molecule has 126 valence electrons. The van der Waals surface area contributed by atoms with Crippen LogP contribution in [0, 0.1) is 23.2 Å². The van der Waals surface area contributed by atoms with Gasteiger partial charge < -0.3 is 10.0 Å². The quantitative estimate of drug-likeness (QED) is 0.607. The molecule has 0 aromatic heterocycles. The van der Waals surface area contributed by atoms with Crippen LogP contribution in [0.3, 0.4) is 0 Å². The second kappa shape index (κ2) is 5.34. The van der Waals surface area contributed by atoms with Crippen molar-refractivity contribution in [2.75, 3.05) is 6.54 Å². The lowest BCUT2D eigenvalue weighted by Crippen LogP contribution is -2.66. The fourth-order valence-electron chi connectivity index (χ4n) is 6.02. The highest BCUT2D eigenvalue weighted by Gasteiger charge is 2.57. The van der Waals surface area contributed by atoms with Crippen LogP contribution in [-0.4, -0.2) is 45.1 Å². The molecule has 2 N–H and O–H groups in total. The van der Waals surface area contributed by atoms with Crippen LogP contribution in [-0.2, 0) is 4.79 Å². The fraction of sp³-hybridized carbons (Fsp3) is 0.882. The predicted octanol–water partition coefficient (Wildman–Crippen LogP) is 1.74. The summed E-state index contributed by atoms with van der Waals surface area (Å²) < 4.78 is 0. The molecule has 1 heterocycles. The molecule has 1 amide bonds. The van der Waals surface area contributed by atoms with Gasteiger partial charge in [0.15, 0.2) is 5.50 Å². The van der Waals surface area contributed by atoms with Crippen LogP contribution in [0.4, 0.5) is 0 Å². The Kier molecular flexibility index (Phi) is 3.64. The van der Waals surface area contributed by atoms with E-state index in [2.05, 4.69) is 11.4 Å². The molecule has 4 saturated carbocycles. The first-order valence-electron chi connectivity index (χ1n) is 8.76. The summed E-state index contributed by atoms with van der Waals surface area (Å²) in [5, 5.41) is 23.3. The van der Waals surface area contributed by atoms with E-state index in [4.69, 9.17) is 16.9 Å². The van der Waals surface area contributed by atoms with E-state index >= 15 is 0 Å². The molecular formula is C17H24ClN3O2. The van der Waals surface area contributed by atoms with Gasteiger partial charge >= 0.3 is 0 Å². The Balaban J connectivity index is 1.47. The largest absolute Gasteiger partial charge is 0.390 e. The van der Waals surface area contributed by atoms with Crippen LogP contribution in [0.25, 0.3) is 0 Å². The molecule has 6 atom stereocenters. The summed E-state index contributed by atoms with van der Waals surface area (Å²) in [5.74, 6) is 0.913. The van der Waals surface area contributed by atoms with E-state index in [0.717, 1.165) is 38.5 Å². The smallest absolute Gasteiger partial charge is 0.256 e. The van der Waals surface area contributed by atoms with E-state index in [0.29, 0.717) is 24.8 Å². The average Bonchev–Trinajstić information content (AvgIpc) is 2.91. The van der Waals surface area contributed by atoms with Crippen molar-refractivity contribution >= 4 is 17.5 Å². The zero-order valence-electron chi connectivity index (χ0n) is 13.3. The average molecular weight is 338 g/mol. The van der Waals surface area contributed by atoms with Crippen LogP contribution in [0.5, 0.6) is 0 Å². The summed E-state index contributed by atoms with van der Waals surface area (Å²) in [6, 6.07) is 1.85. The van der Waals surface area contributed by atoms with Crippen molar-refractivity contribution in [2.45, 2.75) is 74.0 Å². The number of alkyl halides is 1. The third kappa shape index (κ3) is 2.65. The fourth-order valence-corrected chi connectivity index (χ4v) is 6.38. The molecule has 4 bridgehead atoms. The number of nitriles is 1. The molecule has 0 spiro atoms. The number of aliphatic hydroxyl groups is 1. The normalized spacial score (nSPS) is 46.0. The number of rotatable bonds is 3. The molecular weight excluding hydrogens is 314 g/mol. The molecule has 0 radical (unpaired) electrons. The summed E-state index contributed by atoms with van der Waals surface area (Å²) in [6.07, 6.45) is 7.31. The molecule has 1 aliphatic heterocycles. The Hall–Kier alpha value is -0.830. The van der Waals surface area contributed by atoms with Crippen LogP contribution in [0.1, 0.15) is 51.4 Å². The number of halogens is 1. The van der Waals surface area contributed by atoms with Gasteiger partial charge in [0.2, 0.25) is 0 Å². The third-order valence-electron chi connectivity index (χ3n) is 6.36. The predicted molar refractivity (Wildman–Crippen MR) is 85.5 cm³/mol. The number of amides is 1. The van der Waals surface area contributed by atoms with E-state index in [1.807, 2.05) is 0 Å². The first-order valence-corrected chi connectivity index (χ1v) is 9.20. The van der Waals surface area contributed by atoms with Gasteiger partial charge in [-0.25, -0.2) is 0 Å². The number of nitrogens with zero attached hydrogens (tertiary/aromatic N) is 2. The van der Waals surface area contributed by atoms with E-state index in [1.54, 1.807) is 4.90 Å². The number of carbonyl (C=O) groups excluding carboxylic acids is 1. The molecule has 5 rings (SSSR count). The van der Waals surface area contributed by atoms with Gasteiger partial charge in [-0.05, 0) is 63.2 Å². The second-order valence-corrected chi connectivity index (χ2v) is 8.73. The zero-order chi connectivity index (χ0) is 16.2. The number of hydrogen-bond donors (Lipinski definition) is 2. The standard InChI is InChI=1S/C17H24ClN3O2/c18-14(15(22)21-3-1-2-13(21)9-19)20-16-5-11-4-12(6-16)8-17(23,7-11)10-16/h11-14,20,23H,1-8,10H2/t11-,12+,13-,14?,16?,17?/m1/s1. The van der Waals surface area contributed by atoms with Gasteiger partial charge in [0.25, 0.3) is 5.91 Å². The van der Waals surface area contributed by atoms with Crippen molar-refractivity contribution in [3.63, 3.8) is 0 Å². The molecule has 5 nitrogen and oxygen atoms in total. The van der Waals surface area contributed by atoms with Crippen molar-refractivity contribution < 1.29 is 9.90 Å². The third-order valence-corrected chi connectivity index (χ3v) is 6.66. The van der Waals surface area contributed by atoms with E-state index < -0.39 is 11.1 Å². The van der Waals surface area contributed by atoms with Crippen molar-refractivity contribution in [2.24, 2.45) is 11.8 Å². The van der Waals surface area contributed by atoms with Crippen LogP contribution in [0.2, 0.25) is 0 Å². The molecule has 0 aromatic carbocycles. The lowest BCUT2D eigenvalue weighted by Gasteiger charge is -2.60. The molecule has 23 heavy (non-hydrogen) atoms. The minimum absolute atomic E-state index is 0.182. The van der Waals surface area contributed by atoms with Crippen LogP contribution < -0.4 is 5.32 Å². The van der Waals surface area contributed by atoms with E-state index in [1.165, 1.54) is 6.42 Å². The molecule has 0 aromatic rings. The van der Waals surface area contributed by atoms with Gasteiger partial charge in [-0.3, -0.25) is 10.1 Å². The monoisotopic (exact) mass is 337 g/mol. The maximum atomic E-state index is 12.6. The Labute approximate surface area is 142 Å². The minimum Gasteiger partial charge on any atom is -0.390 e. The maximum absolute atomic E-state index is 12.6. The Morgan fingerprint density at radius 3 is 2.65 bits per heavy atom. The van der Waals surface area contributed by atoms with Gasteiger partial charge in [0.05, 0.1) is 11.7 Å². The summed E-state index contributed by atoms with van der Waals surface area (Å²) >= 11 is 6.42. The molecule has 6 heteroatoms. The highest BCUT2D eigenvalue weighted by atomic mass is 35.5. The number of carbonyl (C=O) groups is 1. The molecule has 1 saturated heterocycles. The minimum atomic E-state index is -0.802. The van der Waals surface area contributed by atoms with E-state index in [-0.39, 0.29) is 17.5 Å². The summed E-state index contributed by atoms with van der Waals surface area (Å²) in [5.41, 5.74) is -1.58. The molecule has 5 aliphatic rings.